The minimum absolute atomic E-state index is 0.174. The first-order valence-corrected chi connectivity index (χ1v) is 9.00. The molecule has 8 nitrogen and oxygen atoms in total. The van der Waals surface area contributed by atoms with E-state index in [0.717, 1.165) is 10.9 Å². The SMILES string of the molecule is COc1cccc(-c2cc(C(=O)NCc3nn(C)c(=O)c4ccccc34)[nH]n2)c1. The second-order valence-corrected chi connectivity index (χ2v) is 6.50. The number of fused-ring (bicyclic) bond motifs is 1. The molecule has 2 aromatic heterocycles. The summed E-state index contributed by atoms with van der Waals surface area (Å²) in [5, 5.41) is 15.4. The monoisotopic (exact) mass is 389 g/mol. The molecule has 0 fully saturated rings. The largest absolute Gasteiger partial charge is 0.497 e. The predicted molar refractivity (Wildman–Crippen MR) is 109 cm³/mol. The molecule has 2 heterocycles. The van der Waals surface area contributed by atoms with Crippen molar-refractivity contribution in [3.63, 3.8) is 0 Å². The van der Waals surface area contributed by atoms with Gasteiger partial charge in [-0.2, -0.15) is 10.2 Å². The zero-order valence-electron chi connectivity index (χ0n) is 16.0. The van der Waals surface area contributed by atoms with Gasteiger partial charge in [0.05, 0.1) is 30.4 Å². The molecule has 0 spiro atoms. The molecular weight excluding hydrogens is 370 g/mol. The van der Waals surface area contributed by atoms with Crippen molar-refractivity contribution in [2.24, 2.45) is 7.05 Å². The first-order chi connectivity index (χ1) is 14.1. The van der Waals surface area contributed by atoms with Crippen LogP contribution in [0, 0.1) is 0 Å². The van der Waals surface area contributed by atoms with Gasteiger partial charge in [0.1, 0.15) is 11.4 Å². The molecule has 0 aliphatic carbocycles. The molecule has 4 aromatic rings. The van der Waals surface area contributed by atoms with Crippen molar-refractivity contribution in [3.05, 3.63) is 76.3 Å². The maximum absolute atomic E-state index is 12.6. The Balaban J connectivity index is 1.54. The number of aromatic nitrogens is 4. The van der Waals surface area contributed by atoms with E-state index in [2.05, 4.69) is 20.6 Å². The standard InChI is InChI=1S/C21H19N5O3/c1-26-21(28)16-9-4-3-8-15(16)19(25-26)12-22-20(27)18-11-17(23-24-18)13-6-5-7-14(10-13)29-2/h3-11H,12H2,1-2H3,(H,22,27)(H,23,24). The third kappa shape index (κ3) is 3.60. The smallest absolute Gasteiger partial charge is 0.274 e. The number of rotatable bonds is 5. The van der Waals surface area contributed by atoms with Crippen LogP contribution in [0.1, 0.15) is 16.2 Å². The van der Waals surface area contributed by atoms with Crippen LogP contribution in [0.4, 0.5) is 0 Å². The van der Waals surface area contributed by atoms with E-state index in [4.69, 9.17) is 4.74 Å². The van der Waals surface area contributed by atoms with Crippen LogP contribution < -0.4 is 15.6 Å². The van der Waals surface area contributed by atoms with Crippen LogP contribution in [0.5, 0.6) is 5.75 Å². The zero-order chi connectivity index (χ0) is 20.4. The highest BCUT2D eigenvalue weighted by molar-refractivity contribution is 5.93. The van der Waals surface area contributed by atoms with Crippen molar-refractivity contribution in [1.29, 1.82) is 0 Å². The zero-order valence-corrected chi connectivity index (χ0v) is 16.0. The number of nitrogens with one attached hydrogen (secondary N) is 2. The first-order valence-electron chi connectivity index (χ1n) is 9.00. The fourth-order valence-corrected chi connectivity index (χ4v) is 3.13. The third-order valence-electron chi connectivity index (χ3n) is 4.64. The summed E-state index contributed by atoms with van der Waals surface area (Å²) in [6.07, 6.45) is 0. The van der Waals surface area contributed by atoms with Crippen molar-refractivity contribution in [3.8, 4) is 17.0 Å². The highest BCUT2D eigenvalue weighted by atomic mass is 16.5. The highest BCUT2D eigenvalue weighted by Crippen LogP contribution is 2.22. The van der Waals surface area contributed by atoms with Gasteiger partial charge in [-0.3, -0.25) is 14.7 Å². The summed E-state index contributed by atoms with van der Waals surface area (Å²) in [6, 6.07) is 16.3. The van der Waals surface area contributed by atoms with Crippen LogP contribution in [-0.4, -0.2) is 33.0 Å². The van der Waals surface area contributed by atoms with Gasteiger partial charge in [0.2, 0.25) is 0 Å². The third-order valence-corrected chi connectivity index (χ3v) is 4.64. The lowest BCUT2D eigenvalue weighted by Crippen LogP contribution is -2.27. The number of aryl methyl sites for hydroxylation is 1. The lowest BCUT2D eigenvalue weighted by Gasteiger charge is -2.08. The first kappa shape index (κ1) is 18.4. The Kier molecular flexibility index (Phi) is 4.82. The molecule has 2 N–H and O–H groups in total. The lowest BCUT2D eigenvalue weighted by atomic mass is 10.1. The number of H-pyrrole nitrogens is 1. The normalized spacial score (nSPS) is 10.8. The molecule has 0 saturated heterocycles. The quantitative estimate of drug-likeness (QED) is 0.545. The summed E-state index contributed by atoms with van der Waals surface area (Å²) in [4.78, 5) is 24.8. The second kappa shape index (κ2) is 7.59. The van der Waals surface area contributed by atoms with Crippen molar-refractivity contribution < 1.29 is 9.53 Å². The van der Waals surface area contributed by atoms with Crippen molar-refractivity contribution in [2.45, 2.75) is 6.54 Å². The molecule has 146 valence electrons. The van der Waals surface area contributed by atoms with E-state index in [9.17, 15) is 9.59 Å². The van der Waals surface area contributed by atoms with Crippen LogP contribution in [0.25, 0.3) is 22.0 Å². The minimum Gasteiger partial charge on any atom is -0.497 e. The van der Waals surface area contributed by atoms with Crippen LogP contribution in [0.3, 0.4) is 0 Å². The van der Waals surface area contributed by atoms with Gasteiger partial charge in [-0.1, -0.05) is 30.3 Å². The lowest BCUT2D eigenvalue weighted by molar-refractivity contribution is 0.0945. The Morgan fingerprint density at radius 1 is 1.14 bits per heavy atom. The van der Waals surface area contributed by atoms with Gasteiger partial charge < -0.3 is 10.1 Å². The molecule has 2 aromatic carbocycles. The van der Waals surface area contributed by atoms with Gasteiger partial charge >= 0.3 is 0 Å². The molecular formula is C21H19N5O3. The number of benzene rings is 2. The Morgan fingerprint density at radius 3 is 2.72 bits per heavy atom. The van der Waals surface area contributed by atoms with Crippen LogP contribution >= 0.6 is 0 Å². The average molecular weight is 389 g/mol. The highest BCUT2D eigenvalue weighted by Gasteiger charge is 2.14. The number of nitrogens with zero attached hydrogens (tertiary/aromatic N) is 3. The van der Waals surface area contributed by atoms with Gasteiger partial charge in [0, 0.05) is 18.0 Å². The number of amides is 1. The second-order valence-electron chi connectivity index (χ2n) is 6.50. The molecule has 0 unspecified atom stereocenters. The fraction of sp³-hybridized carbons (Fsp3) is 0.143. The summed E-state index contributed by atoms with van der Waals surface area (Å²) in [7, 11) is 3.19. The Morgan fingerprint density at radius 2 is 1.93 bits per heavy atom. The van der Waals surface area contributed by atoms with Gasteiger partial charge in [-0.05, 0) is 24.3 Å². The Hall–Kier alpha value is -3.94. The topological polar surface area (TPSA) is 102 Å². The molecule has 0 bridgehead atoms. The molecule has 0 saturated carbocycles. The summed E-state index contributed by atoms with van der Waals surface area (Å²) in [5.74, 6) is 0.399. The van der Waals surface area contributed by atoms with Crippen LogP contribution in [-0.2, 0) is 13.6 Å². The molecule has 4 rings (SSSR count). The fourth-order valence-electron chi connectivity index (χ4n) is 3.13. The molecule has 0 aliphatic heterocycles. The molecule has 0 radical (unpaired) electrons. The minimum atomic E-state index is -0.314. The Bertz CT molecular complexity index is 1260. The summed E-state index contributed by atoms with van der Waals surface area (Å²) >= 11 is 0. The number of aromatic amines is 1. The van der Waals surface area contributed by atoms with Crippen LogP contribution in [0.2, 0.25) is 0 Å². The molecule has 29 heavy (non-hydrogen) atoms. The number of carbonyl (C=O) groups excluding carboxylic acids is 1. The Labute approximate surface area is 166 Å². The van der Waals surface area contributed by atoms with E-state index in [1.807, 2.05) is 36.4 Å². The van der Waals surface area contributed by atoms with Crippen molar-refractivity contribution in [1.82, 2.24) is 25.3 Å². The number of methoxy groups -OCH3 is 1. The van der Waals surface area contributed by atoms with Crippen molar-refractivity contribution >= 4 is 16.7 Å². The van der Waals surface area contributed by atoms with E-state index in [1.165, 1.54) is 4.68 Å². The summed E-state index contributed by atoms with van der Waals surface area (Å²) in [6.45, 7) is 0.182. The number of hydrogen-bond donors (Lipinski definition) is 2. The van der Waals surface area contributed by atoms with Gasteiger partial charge in [0.25, 0.3) is 11.5 Å². The maximum atomic E-state index is 12.6. The maximum Gasteiger partial charge on any atom is 0.274 e. The van der Waals surface area contributed by atoms with Gasteiger partial charge in [0.15, 0.2) is 0 Å². The van der Waals surface area contributed by atoms with Crippen molar-refractivity contribution in [2.75, 3.05) is 7.11 Å². The summed E-state index contributed by atoms with van der Waals surface area (Å²) in [5.41, 5.74) is 2.25. The summed E-state index contributed by atoms with van der Waals surface area (Å²) < 4.78 is 6.50. The van der Waals surface area contributed by atoms with Gasteiger partial charge in [-0.25, -0.2) is 4.68 Å². The van der Waals surface area contributed by atoms with E-state index >= 15 is 0 Å². The number of carbonyl (C=O) groups is 1. The average Bonchev–Trinajstić information content (AvgIpc) is 3.25. The number of ether oxygens (including phenoxy) is 1. The molecule has 0 atom stereocenters. The molecule has 0 aliphatic rings. The molecule has 1 amide bonds. The van der Waals surface area contributed by atoms with E-state index in [1.54, 1.807) is 32.4 Å². The molecule has 8 heteroatoms. The van der Waals surface area contributed by atoms with E-state index < -0.39 is 0 Å². The van der Waals surface area contributed by atoms with E-state index in [-0.39, 0.29) is 18.0 Å². The number of hydrogen-bond acceptors (Lipinski definition) is 5. The van der Waals surface area contributed by atoms with E-state index in [0.29, 0.717) is 28.2 Å². The van der Waals surface area contributed by atoms with Gasteiger partial charge in [-0.15, -0.1) is 0 Å². The predicted octanol–water partition coefficient (Wildman–Crippen LogP) is 2.26. The van der Waals surface area contributed by atoms with Crippen LogP contribution in [0.15, 0.2) is 59.4 Å².